The van der Waals surface area contributed by atoms with E-state index in [-0.39, 0.29) is 5.57 Å². The van der Waals surface area contributed by atoms with Crippen molar-refractivity contribution in [2.75, 3.05) is 30.6 Å². The number of aromatic nitrogens is 1. The number of halogens is 1. The average molecular weight is 478 g/mol. The van der Waals surface area contributed by atoms with Gasteiger partial charge >= 0.3 is 0 Å². The Hall–Kier alpha value is -4.22. The summed E-state index contributed by atoms with van der Waals surface area (Å²) in [4.78, 5) is 17.0. The number of hydrogen-bond donors (Lipinski definition) is 3. The van der Waals surface area contributed by atoms with Crippen LogP contribution in [0.4, 0.5) is 22.9 Å². The van der Waals surface area contributed by atoms with Crippen molar-refractivity contribution in [3.8, 4) is 17.6 Å². The molecule has 0 saturated heterocycles. The van der Waals surface area contributed by atoms with Crippen LogP contribution in [0.25, 0.3) is 5.57 Å². The minimum absolute atomic E-state index is 0.113. The zero-order valence-electron chi connectivity index (χ0n) is 19.2. The molecule has 0 spiro atoms. The molecule has 0 fully saturated rings. The Morgan fingerprint density at radius 2 is 1.94 bits per heavy atom. The Labute approximate surface area is 203 Å². The Bertz CT molecular complexity index is 1310. The molecule has 4 N–H and O–H groups in total. The van der Waals surface area contributed by atoms with E-state index in [1.165, 1.54) is 6.08 Å². The van der Waals surface area contributed by atoms with Crippen molar-refractivity contribution in [3.63, 3.8) is 0 Å². The third kappa shape index (κ3) is 5.39. The predicted octanol–water partition coefficient (Wildman–Crippen LogP) is 5.24. The van der Waals surface area contributed by atoms with E-state index in [4.69, 9.17) is 26.8 Å². The number of nitrogens with two attached hydrogens (primary N) is 1. The molecule has 8 nitrogen and oxygen atoms in total. The highest BCUT2D eigenvalue weighted by Crippen LogP contribution is 2.35. The second kappa shape index (κ2) is 10.6. The summed E-state index contributed by atoms with van der Waals surface area (Å²) in [6.07, 6.45) is 2.78. The molecule has 3 aromatic rings. The van der Waals surface area contributed by atoms with Gasteiger partial charge in [-0.25, -0.2) is 4.98 Å². The lowest BCUT2D eigenvalue weighted by Gasteiger charge is -2.15. The van der Waals surface area contributed by atoms with Crippen LogP contribution in [-0.2, 0) is 4.79 Å². The van der Waals surface area contributed by atoms with Crippen LogP contribution < -0.4 is 25.8 Å². The first-order chi connectivity index (χ1) is 16.3. The number of anilines is 4. The van der Waals surface area contributed by atoms with Crippen LogP contribution in [0.3, 0.4) is 0 Å². The molecule has 0 aliphatic heterocycles. The van der Waals surface area contributed by atoms with Gasteiger partial charge in [-0.1, -0.05) is 11.6 Å². The summed E-state index contributed by atoms with van der Waals surface area (Å²) in [6.45, 7) is 3.70. The Morgan fingerprint density at radius 1 is 1.18 bits per heavy atom. The maximum atomic E-state index is 12.7. The van der Waals surface area contributed by atoms with Gasteiger partial charge in [-0.2, -0.15) is 5.26 Å². The molecule has 0 aliphatic carbocycles. The number of amides is 1. The molecule has 0 unspecified atom stereocenters. The summed E-state index contributed by atoms with van der Waals surface area (Å²) in [6, 6.07) is 12.3. The first kappa shape index (κ1) is 24.4. The fourth-order valence-corrected chi connectivity index (χ4v) is 3.53. The van der Waals surface area contributed by atoms with Gasteiger partial charge in [-0.15, -0.1) is 0 Å². The van der Waals surface area contributed by atoms with Crippen molar-refractivity contribution in [2.24, 2.45) is 0 Å². The van der Waals surface area contributed by atoms with E-state index in [0.29, 0.717) is 45.0 Å². The smallest absolute Gasteiger partial charge is 0.249 e. The van der Waals surface area contributed by atoms with Gasteiger partial charge in [0.2, 0.25) is 5.91 Å². The standard InChI is InChI=1S/C25H24ClN5O3/c1-14-9-20(28)21(12-19(14)26)31-23(32)10-16(13-27)18-6-5-7-29-25(18)30-17-8-15(2)24(34-4)22(11-17)33-3/h5-12H,28H2,1-4H3,(H,29,30)(H,31,32)/b16-10+. The fourth-order valence-electron chi connectivity index (χ4n) is 3.37. The van der Waals surface area contributed by atoms with E-state index >= 15 is 0 Å². The molecule has 1 amide bonds. The zero-order chi connectivity index (χ0) is 24.8. The first-order valence-corrected chi connectivity index (χ1v) is 10.6. The third-order valence-electron chi connectivity index (χ3n) is 5.01. The number of nitrogen functional groups attached to an aromatic ring is 1. The van der Waals surface area contributed by atoms with Crippen molar-refractivity contribution in [3.05, 3.63) is 70.4 Å². The molecule has 1 heterocycles. The molecule has 0 aliphatic rings. The van der Waals surface area contributed by atoms with Gasteiger partial charge in [0.1, 0.15) is 11.9 Å². The quantitative estimate of drug-likeness (QED) is 0.241. The zero-order valence-corrected chi connectivity index (χ0v) is 19.9. The number of rotatable bonds is 7. The second-order valence-electron chi connectivity index (χ2n) is 7.40. The monoisotopic (exact) mass is 477 g/mol. The van der Waals surface area contributed by atoms with Crippen LogP contribution in [0.2, 0.25) is 5.02 Å². The van der Waals surface area contributed by atoms with Crippen LogP contribution in [0.15, 0.2) is 48.7 Å². The van der Waals surface area contributed by atoms with Crippen molar-refractivity contribution < 1.29 is 14.3 Å². The summed E-state index contributed by atoms with van der Waals surface area (Å²) in [5.74, 6) is 1.04. The topological polar surface area (TPSA) is 122 Å². The molecule has 0 bridgehead atoms. The van der Waals surface area contributed by atoms with Crippen molar-refractivity contribution in [1.82, 2.24) is 4.98 Å². The number of pyridine rings is 1. The minimum atomic E-state index is -0.528. The van der Waals surface area contributed by atoms with Crippen LogP contribution in [0.5, 0.6) is 11.5 Å². The number of ether oxygens (including phenoxy) is 2. The normalized spacial score (nSPS) is 10.9. The highest BCUT2D eigenvalue weighted by molar-refractivity contribution is 6.32. The highest BCUT2D eigenvalue weighted by Gasteiger charge is 2.15. The van der Waals surface area contributed by atoms with Crippen molar-refractivity contribution in [2.45, 2.75) is 13.8 Å². The molecule has 3 rings (SSSR count). The molecular formula is C25H24ClN5O3. The number of carbonyl (C=O) groups is 1. The minimum Gasteiger partial charge on any atom is -0.493 e. The number of benzene rings is 2. The van der Waals surface area contributed by atoms with E-state index in [9.17, 15) is 10.1 Å². The van der Waals surface area contributed by atoms with E-state index in [1.807, 2.05) is 19.9 Å². The second-order valence-corrected chi connectivity index (χ2v) is 7.81. The summed E-state index contributed by atoms with van der Waals surface area (Å²) in [5, 5.41) is 16.1. The molecule has 0 saturated carbocycles. The van der Waals surface area contributed by atoms with Gasteiger partial charge in [0.05, 0.1) is 31.2 Å². The lowest BCUT2D eigenvalue weighted by atomic mass is 10.1. The Kier molecular flexibility index (Phi) is 7.61. The van der Waals surface area contributed by atoms with Gasteiger partial charge in [-0.05, 0) is 55.3 Å². The molecule has 2 aromatic carbocycles. The van der Waals surface area contributed by atoms with Crippen LogP contribution in [0, 0.1) is 25.2 Å². The molecule has 34 heavy (non-hydrogen) atoms. The third-order valence-corrected chi connectivity index (χ3v) is 5.42. The van der Waals surface area contributed by atoms with Crippen LogP contribution in [0.1, 0.15) is 16.7 Å². The van der Waals surface area contributed by atoms with Crippen LogP contribution >= 0.6 is 11.6 Å². The summed E-state index contributed by atoms with van der Waals surface area (Å²) in [5.41, 5.74) is 9.60. The summed E-state index contributed by atoms with van der Waals surface area (Å²) >= 11 is 6.14. The number of aryl methyl sites for hydroxylation is 2. The average Bonchev–Trinajstić information content (AvgIpc) is 2.81. The molecule has 0 atom stereocenters. The number of carbonyl (C=O) groups excluding carboxylic acids is 1. The number of nitrogens with one attached hydrogen (secondary N) is 2. The predicted molar refractivity (Wildman–Crippen MR) is 135 cm³/mol. The van der Waals surface area contributed by atoms with Gasteiger partial charge in [-0.3, -0.25) is 4.79 Å². The molecule has 0 radical (unpaired) electrons. The Balaban J connectivity index is 1.92. The number of nitrogens with zero attached hydrogens (tertiary/aromatic N) is 2. The van der Waals surface area contributed by atoms with E-state index in [0.717, 1.165) is 11.1 Å². The van der Waals surface area contributed by atoms with E-state index < -0.39 is 5.91 Å². The van der Waals surface area contributed by atoms with Crippen molar-refractivity contribution in [1.29, 1.82) is 5.26 Å². The maximum absolute atomic E-state index is 12.7. The van der Waals surface area contributed by atoms with Gasteiger partial charge in [0, 0.05) is 34.6 Å². The number of allylic oxidation sites excluding steroid dienone is 1. The van der Waals surface area contributed by atoms with E-state index in [1.54, 1.807) is 50.7 Å². The maximum Gasteiger partial charge on any atom is 0.249 e. The van der Waals surface area contributed by atoms with Crippen molar-refractivity contribution >= 4 is 46.0 Å². The molecule has 1 aromatic heterocycles. The number of hydrogen-bond acceptors (Lipinski definition) is 7. The molecule has 174 valence electrons. The summed E-state index contributed by atoms with van der Waals surface area (Å²) in [7, 11) is 3.12. The lowest BCUT2D eigenvalue weighted by molar-refractivity contribution is -0.111. The van der Waals surface area contributed by atoms with Gasteiger partial charge < -0.3 is 25.8 Å². The Morgan fingerprint density at radius 3 is 2.62 bits per heavy atom. The highest BCUT2D eigenvalue weighted by atomic mass is 35.5. The molecular weight excluding hydrogens is 454 g/mol. The van der Waals surface area contributed by atoms with Gasteiger partial charge in [0.25, 0.3) is 0 Å². The van der Waals surface area contributed by atoms with E-state index in [2.05, 4.69) is 21.7 Å². The number of nitriles is 1. The molecule has 9 heteroatoms. The summed E-state index contributed by atoms with van der Waals surface area (Å²) < 4.78 is 10.8. The SMILES string of the molecule is COc1cc(Nc2ncccc2/C(C#N)=C/C(=O)Nc2cc(Cl)c(C)cc2N)cc(C)c1OC. The number of methoxy groups -OCH3 is 2. The fraction of sp³-hybridized carbons (Fsp3) is 0.160. The largest absolute Gasteiger partial charge is 0.493 e. The lowest BCUT2D eigenvalue weighted by Crippen LogP contribution is -2.11. The van der Waals surface area contributed by atoms with Crippen LogP contribution in [-0.4, -0.2) is 25.1 Å². The first-order valence-electron chi connectivity index (χ1n) is 10.2. The van der Waals surface area contributed by atoms with Gasteiger partial charge in [0.15, 0.2) is 11.5 Å².